The molecule has 0 radical (unpaired) electrons. The van der Waals surface area contributed by atoms with Gasteiger partial charge in [0.25, 0.3) is 0 Å². The molecule has 4 heteroatoms. The number of cyclic esters (lactones) is 1. The molecule has 0 spiro atoms. The standard InChI is InChI=1S/C15H15NO3/c1-9-4-6-12(7-5-9)16-11(3)14-13(17)8-10(2)19-15(14)18/h4-8,14H,1-3H3. The van der Waals surface area contributed by atoms with E-state index in [0.29, 0.717) is 11.5 Å². The Bertz CT molecular complexity index is 582. The molecular weight excluding hydrogens is 242 g/mol. The lowest BCUT2D eigenvalue weighted by Crippen LogP contribution is -2.34. The van der Waals surface area contributed by atoms with Crippen LogP contribution >= 0.6 is 0 Å². The van der Waals surface area contributed by atoms with Crippen molar-refractivity contribution in [2.24, 2.45) is 10.9 Å². The molecule has 1 aromatic carbocycles. The highest BCUT2D eigenvalue weighted by Crippen LogP contribution is 2.20. The van der Waals surface area contributed by atoms with Gasteiger partial charge >= 0.3 is 5.97 Å². The Morgan fingerprint density at radius 2 is 1.79 bits per heavy atom. The molecule has 0 aromatic heterocycles. The van der Waals surface area contributed by atoms with Gasteiger partial charge in [0.1, 0.15) is 5.76 Å². The van der Waals surface area contributed by atoms with E-state index in [-0.39, 0.29) is 5.78 Å². The predicted molar refractivity (Wildman–Crippen MR) is 72.3 cm³/mol. The van der Waals surface area contributed by atoms with Gasteiger partial charge in [-0.1, -0.05) is 17.7 Å². The molecule has 1 unspecified atom stereocenters. The molecule has 1 aromatic rings. The zero-order chi connectivity index (χ0) is 14.0. The van der Waals surface area contributed by atoms with Gasteiger partial charge in [0.05, 0.1) is 5.69 Å². The van der Waals surface area contributed by atoms with Gasteiger partial charge in [0, 0.05) is 11.8 Å². The molecule has 1 aliphatic heterocycles. The van der Waals surface area contributed by atoms with E-state index in [4.69, 9.17) is 4.74 Å². The first-order valence-electron chi connectivity index (χ1n) is 6.03. The number of aryl methyl sites for hydroxylation is 1. The van der Waals surface area contributed by atoms with Crippen LogP contribution in [0.25, 0.3) is 0 Å². The normalized spacial score (nSPS) is 20.1. The van der Waals surface area contributed by atoms with Crippen molar-refractivity contribution in [3.63, 3.8) is 0 Å². The van der Waals surface area contributed by atoms with Crippen LogP contribution in [0.4, 0.5) is 5.69 Å². The molecule has 19 heavy (non-hydrogen) atoms. The molecular formula is C15H15NO3. The van der Waals surface area contributed by atoms with Crippen LogP contribution in [-0.4, -0.2) is 17.5 Å². The van der Waals surface area contributed by atoms with Crippen LogP contribution in [0.5, 0.6) is 0 Å². The highest BCUT2D eigenvalue weighted by molar-refractivity contribution is 6.23. The smallest absolute Gasteiger partial charge is 0.327 e. The molecule has 0 aliphatic carbocycles. The number of ketones is 1. The number of esters is 1. The maximum atomic E-state index is 11.8. The first kappa shape index (κ1) is 13.2. The number of hydrogen-bond donors (Lipinski definition) is 0. The summed E-state index contributed by atoms with van der Waals surface area (Å²) in [6.07, 6.45) is 1.33. The van der Waals surface area contributed by atoms with E-state index in [2.05, 4.69) is 4.99 Å². The van der Waals surface area contributed by atoms with Crippen molar-refractivity contribution in [3.05, 3.63) is 41.7 Å². The zero-order valence-corrected chi connectivity index (χ0v) is 11.1. The number of allylic oxidation sites excluding steroid dienone is 2. The number of aliphatic imine (C=N–C) groups is 1. The Labute approximate surface area is 111 Å². The SMILES string of the molecule is CC1=CC(=O)C(C(C)=Nc2ccc(C)cc2)C(=O)O1. The maximum absolute atomic E-state index is 11.8. The van der Waals surface area contributed by atoms with Crippen molar-refractivity contribution in [1.82, 2.24) is 0 Å². The van der Waals surface area contributed by atoms with E-state index in [1.165, 1.54) is 6.08 Å². The molecule has 1 heterocycles. The third-order valence-corrected chi connectivity index (χ3v) is 2.88. The summed E-state index contributed by atoms with van der Waals surface area (Å²) in [4.78, 5) is 27.9. The molecule has 0 N–H and O–H groups in total. The molecule has 4 nitrogen and oxygen atoms in total. The molecule has 0 saturated heterocycles. The highest BCUT2D eigenvalue weighted by Gasteiger charge is 2.33. The first-order chi connectivity index (χ1) is 8.97. The minimum Gasteiger partial charge on any atom is -0.430 e. The van der Waals surface area contributed by atoms with Crippen molar-refractivity contribution in [2.75, 3.05) is 0 Å². The predicted octanol–water partition coefficient (Wildman–Crippen LogP) is 2.73. The minimum absolute atomic E-state index is 0.276. The quantitative estimate of drug-likeness (QED) is 0.465. The third-order valence-electron chi connectivity index (χ3n) is 2.88. The van der Waals surface area contributed by atoms with Crippen LogP contribution in [0, 0.1) is 12.8 Å². The Balaban J connectivity index is 2.28. The Kier molecular flexibility index (Phi) is 3.60. The van der Waals surface area contributed by atoms with E-state index >= 15 is 0 Å². The molecule has 1 atom stereocenters. The molecule has 2 rings (SSSR count). The summed E-state index contributed by atoms with van der Waals surface area (Å²) in [5.41, 5.74) is 2.29. The van der Waals surface area contributed by atoms with Gasteiger partial charge in [-0.15, -0.1) is 0 Å². The summed E-state index contributed by atoms with van der Waals surface area (Å²) >= 11 is 0. The second kappa shape index (κ2) is 5.18. The number of carbonyl (C=O) groups excluding carboxylic acids is 2. The van der Waals surface area contributed by atoms with Gasteiger partial charge in [-0.2, -0.15) is 0 Å². The van der Waals surface area contributed by atoms with Crippen molar-refractivity contribution >= 4 is 23.2 Å². The summed E-state index contributed by atoms with van der Waals surface area (Å²) in [5, 5.41) is 0. The summed E-state index contributed by atoms with van der Waals surface area (Å²) in [5.74, 6) is -1.43. The lowest BCUT2D eigenvalue weighted by molar-refractivity contribution is -0.146. The lowest BCUT2D eigenvalue weighted by Gasteiger charge is -2.18. The molecule has 0 saturated carbocycles. The second-order valence-electron chi connectivity index (χ2n) is 4.60. The lowest BCUT2D eigenvalue weighted by atomic mass is 9.96. The number of carbonyl (C=O) groups is 2. The fraction of sp³-hybridized carbons (Fsp3) is 0.267. The van der Waals surface area contributed by atoms with Gasteiger partial charge in [-0.3, -0.25) is 14.6 Å². The average Bonchev–Trinajstić information content (AvgIpc) is 2.30. The van der Waals surface area contributed by atoms with E-state index in [1.54, 1.807) is 13.8 Å². The number of ether oxygens (including phenoxy) is 1. The minimum atomic E-state index is -0.926. The van der Waals surface area contributed by atoms with Crippen LogP contribution in [-0.2, 0) is 14.3 Å². The number of nitrogens with zero attached hydrogens (tertiary/aromatic N) is 1. The van der Waals surface area contributed by atoms with Crippen LogP contribution in [0.15, 0.2) is 41.1 Å². The number of hydrogen-bond acceptors (Lipinski definition) is 4. The number of benzene rings is 1. The van der Waals surface area contributed by atoms with E-state index in [0.717, 1.165) is 11.3 Å². The van der Waals surface area contributed by atoms with E-state index in [1.807, 2.05) is 31.2 Å². The van der Waals surface area contributed by atoms with E-state index < -0.39 is 11.9 Å². The van der Waals surface area contributed by atoms with E-state index in [9.17, 15) is 9.59 Å². The summed E-state index contributed by atoms with van der Waals surface area (Å²) in [7, 11) is 0. The zero-order valence-electron chi connectivity index (χ0n) is 11.1. The van der Waals surface area contributed by atoms with Crippen LogP contribution in [0.1, 0.15) is 19.4 Å². The number of rotatable bonds is 2. The first-order valence-corrected chi connectivity index (χ1v) is 6.03. The van der Waals surface area contributed by atoms with Crippen molar-refractivity contribution in [2.45, 2.75) is 20.8 Å². The van der Waals surface area contributed by atoms with Crippen molar-refractivity contribution in [1.29, 1.82) is 0 Å². The average molecular weight is 257 g/mol. The Morgan fingerprint density at radius 3 is 2.37 bits per heavy atom. The van der Waals surface area contributed by atoms with Crippen molar-refractivity contribution in [3.8, 4) is 0 Å². The summed E-state index contributed by atoms with van der Waals surface area (Å²) in [6.45, 7) is 5.23. The van der Waals surface area contributed by atoms with Gasteiger partial charge in [-0.25, -0.2) is 0 Å². The topological polar surface area (TPSA) is 55.7 Å². The Morgan fingerprint density at radius 1 is 1.16 bits per heavy atom. The van der Waals surface area contributed by atoms with Gasteiger partial charge < -0.3 is 4.74 Å². The highest BCUT2D eigenvalue weighted by atomic mass is 16.5. The molecule has 0 fully saturated rings. The molecule has 98 valence electrons. The Hall–Kier alpha value is -2.23. The molecule has 0 amide bonds. The monoisotopic (exact) mass is 257 g/mol. The van der Waals surface area contributed by atoms with Gasteiger partial charge in [-0.05, 0) is 32.9 Å². The fourth-order valence-electron chi connectivity index (χ4n) is 1.91. The summed E-state index contributed by atoms with van der Waals surface area (Å²) in [6, 6.07) is 7.55. The maximum Gasteiger partial charge on any atom is 0.327 e. The second-order valence-corrected chi connectivity index (χ2v) is 4.60. The molecule has 1 aliphatic rings. The van der Waals surface area contributed by atoms with Crippen molar-refractivity contribution < 1.29 is 14.3 Å². The van der Waals surface area contributed by atoms with Crippen LogP contribution in [0.2, 0.25) is 0 Å². The van der Waals surface area contributed by atoms with Gasteiger partial charge in [0.2, 0.25) is 0 Å². The van der Waals surface area contributed by atoms with Crippen LogP contribution < -0.4 is 0 Å². The largest absolute Gasteiger partial charge is 0.430 e. The summed E-state index contributed by atoms with van der Waals surface area (Å²) < 4.78 is 4.97. The van der Waals surface area contributed by atoms with Gasteiger partial charge in [0.15, 0.2) is 11.7 Å². The van der Waals surface area contributed by atoms with Crippen LogP contribution in [0.3, 0.4) is 0 Å². The third kappa shape index (κ3) is 2.96. The fourth-order valence-corrected chi connectivity index (χ4v) is 1.91. The molecule has 0 bridgehead atoms.